The molecule has 1 unspecified atom stereocenters. The number of aromatic nitrogens is 4. The molecule has 0 aliphatic heterocycles. The minimum Gasteiger partial charge on any atom is -0.382 e. The average molecular weight is 702 g/mol. The molecule has 2 atom stereocenters. The van der Waals surface area contributed by atoms with Gasteiger partial charge in [0.15, 0.2) is 11.5 Å². The first-order valence-corrected chi connectivity index (χ1v) is 19.2. The third-order valence-corrected chi connectivity index (χ3v) is 9.48. The molecule has 1 aromatic carbocycles. The van der Waals surface area contributed by atoms with Gasteiger partial charge in [0.2, 0.25) is 0 Å². The number of hydrogen-bond donors (Lipinski definition) is 2. The van der Waals surface area contributed by atoms with E-state index in [4.69, 9.17) is 19.7 Å². The summed E-state index contributed by atoms with van der Waals surface area (Å²) in [7, 11) is -13.5. The van der Waals surface area contributed by atoms with Crippen molar-refractivity contribution in [2.75, 3.05) is 31.9 Å². The zero-order valence-corrected chi connectivity index (χ0v) is 27.8. The van der Waals surface area contributed by atoms with Crippen LogP contribution >= 0.6 is 17.8 Å². The fourth-order valence-electron chi connectivity index (χ4n) is 4.77. The molecule has 0 aliphatic carbocycles. The summed E-state index contributed by atoms with van der Waals surface area (Å²) in [5.41, 5.74) is 7.46. The summed E-state index contributed by atoms with van der Waals surface area (Å²) in [4.78, 5) is 20.5. The zero-order chi connectivity index (χ0) is 33.7. The predicted molar refractivity (Wildman–Crippen MR) is 169 cm³/mol. The number of nitrogen functional groups attached to an aromatic ring is 1. The Hall–Kier alpha value is -2.36. The Morgan fingerprint density at radius 1 is 0.870 bits per heavy atom. The van der Waals surface area contributed by atoms with Gasteiger partial charge in [0.25, 0.3) is 0 Å². The van der Waals surface area contributed by atoms with E-state index < -0.39 is 35.2 Å². The summed E-state index contributed by atoms with van der Waals surface area (Å²) in [5.74, 6) is 0.275. The second kappa shape index (κ2) is 16.2. The number of ether oxygens (including phenoxy) is 2. The number of benzene rings is 1. The summed E-state index contributed by atoms with van der Waals surface area (Å²) in [6.45, 7) is 3.24. The van der Waals surface area contributed by atoms with Crippen molar-refractivity contribution in [3.63, 3.8) is 0 Å². The van der Waals surface area contributed by atoms with E-state index in [0.717, 1.165) is 69.9 Å². The number of unbranched alkanes of at least 4 members (excludes halogenated alkanes) is 8. The molecule has 0 aliphatic rings. The molecule has 0 fully saturated rings. The van der Waals surface area contributed by atoms with Crippen LogP contribution < -0.4 is 5.73 Å². The van der Waals surface area contributed by atoms with E-state index >= 15 is 0 Å². The lowest BCUT2D eigenvalue weighted by molar-refractivity contribution is 0.0688. The molecule has 3 aromatic rings. The molecule has 46 heavy (non-hydrogen) atoms. The third-order valence-electron chi connectivity index (χ3n) is 7.25. The first kappa shape index (κ1) is 38.1. The first-order valence-electron chi connectivity index (χ1n) is 15.4. The van der Waals surface area contributed by atoms with Crippen LogP contribution in [-0.2, 0) is 31.5 Å². The van der Waals surface area contributed by atoms with Gasteiger partial charge in [-0.3, -0.25) is 4.57 Å². The fraction of sp³-hybridized carbons (Fsp3) is 0.621. The SMILES string of the molecule is C[C@H](Cn1cnc2c(N)ncnc21)OCP(=O)(O)OCCCOCCCCCCCCCCCc1ccc(S(F)(F)(F)(F)F)cc1. The van der Waals surface area contributed by atoms with Crippen LogP contribution in [0, 0.1) is 0 Å². The number of fused-ring (bicyclic) bond motifs is 1. The first-order chi connectivity index (χ1) is 21.5. The van der Waals surface area contributed by atoms with Crippen molar-refractivity contribution in [1.29, 1.82) is 0 Å². The molecule has 0 saturated heterocycles. The van der Waals surface area contributed by atoms with Gasteiger partial charge >= 0.3 is 17.8 Å². The van der Waals surface area contributed by atoms with E-state index in [1.54, 1.807) is 17.8 Å². The van der Waals surface area contributed by atoms with Crippen molar-refractivity contribution in [3.05, 3.63) is 42.5 Å². The van der Waals surface area contributed by atoms with Crippen molar-refractivity contribution in [3.8, 4) is 0 Å². The van der Waals surface area contributed by atoms with E-state index in [9.17, 15) is 28.9 Å². The maximum absolute atomic E-state index is 12.8. The van der Waals surface area contributed by atoms with E-state index in [0.29, 0.717) is 61.5 Å². The van der Waals surface area contributed by atoms with Crippen LogP contribution in [0.3, 0.4) is 0 Å². The molecule has 10 nitrogen and oxygen atoms in total. The summed E-state index contributed by atoms with van der Waals surface area (Å²) in [5, 5.41) is 0. The molecular formula is C29H45F5N5O5PS. The van der Waals surface area contributed by atoms with Gasteiger partial charge in [0.1, 0.15) is 23.1 Å². The Morgan fingerprint density at radius 3 is 2.13 bits per heavy atom. The minimum absolute atomic E-state index is 0.0815. The molecule has 0 spiro atoms. The maximum Gasteiger partial charge on any atom is 0.353 e. The molecule has 17 heteroatoms. The molecule has 0 radical (unpaired) electrons. The summed E-state index contributed by atoms with van der Waals surface area (Å²) >= 11 is 0. The van der Waals surface area contributed by atoms with Gasteiger partial charge in [-0.25, -0.2) is 15.0 Å². The van der Waals surface area contributed by atoms with Crippen molar-refractivity contribution in [2.45, 2.75) is 95.1 Å². The molecule has 0 saturated carbocycles. The van der Waals surface area contributed by atoms with Crippen molar-refractivity contribution >= 4 is 34.8 Å². The van der Waals surface area contributed by atoms with Crippen LogP contribution in [0.25, 0.3) is 11.2 Å². The number of rotatable bonds is 23. The third kappa shape index (κ3) is 13.8. The van der Waals surface area contributed by atoms with E-state index in [2.05, 4.69) is 15.0 Å². The van der Waals surface area contributed by atoms with Crippen LogP contribution in [-0.4, -0.2) is 56.7 Å². The topological polar surface area (TPSA) is 135 Å². The number of nitrogens with zero attached hydrogens (tertiary/aromatic N) is 4. The summed E-state index contributed by atoms with van der Waals surface area (Å²) < 4.78 is 94.2. The fourth-order valence-corrected chi connectivity index (χ4v) is 6.36. The highest BCUT2D eigenvalue weighted by Gasteiger charge is 2.65. The molecule has 3 N–H and O–H groups in total. The molecular weight excluding hydrogens is 656 g/mol. The van der Waals surface area contributed by atoms with E-state index in [1.807, 2.05) is 0 Å². The highest BCUT2D eigenvalue weighted by Crippen LogP contribution is 3.02. The Balaban J connectivity index is 1.10. The normalized spacial score (nSPS) is 15.8. The van der Waals surface area contributed by atoms with Crippen LogP contribution in [0.5, 0.6) is 0 Å². The van der Waals surface area contributed by atoms with Gasteiger partial charge in [-0.2, -0.15) is 0 Å². The van der Waals surface area contributed by atoms with Gasteiger partial charge < -0.3 is 29.2 Å². The number of imidazole rings is 1. The molecule has 2 heterocycles. The standard InChI is InChI=1S/C29H45F5N5O5PS/c1-24(20-39-22-38-27-28(35)36-21-37-29(27)39)43-23-45(40,41)44-19-11-18-42-17-10-8-6-4-2-3-5-7-9-12-25-13-15-26(16-14-25)46(30,31,32,33)34/h13-16,21-22,24H,2-12,17-20,23H2,1H3,(H,40,41)(H2,35,36,37)/t24-/m1/s1. The predicted octanol–water partition coefficient (Wildman–Crippen LogP) is 8.79. The lowest BCUT2D eigenvalue weighted by Gasteiger charge is -2.40. The zero-order valence-electron chi connectivity index (χ0n) is 26.0. The van der Waals surface area contributed by atoms with Crippen molar-refractivity contribution < 1.29 is 42.9 Å². The average Bonchev–Trinajstić information content (AvgIpc) is 3.38. The number of nitrogens with two attached hydrogens (primary N) is 1. The lowest BCUT2D eigenvalue weighted by Crippen LogP contribution is -2.17. The number of aryl methyl sites for hydroxylation is 1. The van der Waals surface area contributed by atoms with E-state index in [-0.39, 0.29) is 12.4 Å². The quantitative estimate of drug-likeness (QED) is 0.0565. The van der Waals surface area contributed by atoms with Gasteiger partial charge in [-0.15, -0.1) is 0 Å². The number of halogens is 5. The van der Waals surface area contributed by atoms with Gasteiger partial charge in [-0.1, -0.05) is 76.5 Å². The lowest BCUT2D eigenvalue weighted by atomic mass is 10.0. The molecule has 3 rings (SSSR count). The summed E-state index contributed by atoms with van der Waals surface area (Å²) in [6.07, 6.45) is 12.2. The number of hydrogen-bond acceptors (Lipinski definition) is 8. The number of anilines is 1. The largest absolute Gasteiger partial charge is 0.382 e. The van der Waals surface area contributed by atoms with Crippen LogP contribution in [0.15, 0.2) is 41.8 Å². The smallest absolute Gasteiger partial charge is 0.353 e. The monoisotopic (exact) mass is 701 g/mol. The highest BCUT2D eigenvalue weighted by molar-refractivity contribution is 8.45. The second-order valence-corrected chi connectivity index (χ2v) is 15.6. The Morgan fingerprint density at radius 2 is 1.48 bits per heavy atom. The van der Waals surface area contributed by atoms with E-state index in [1.165, 1.54) is 6.33 Å². The van der Waals surface area contributed by atoms with Gasteiger partial charge in [0, 0.05) is 13.2 Å². The minimum atomic E-state index is -9.60. The van der Waals surface area contributed by atoms with Gasteiger partial charge in [-0.05, 0) is 50.3 Å². The van der Waals surface area contributed by atoms with Crippen molar-refractivity contribution in [2.24, 2.45) is 0 Å². The Kier molecular flexibility index (Phi) is 13.4. The van der Waals surface area contributed by atoms with Crippen LogP contribution in [0.1, 0.15) is 76.7 Å². The molecule has 0 amide bonds. The highest BCUT2D eigenvalue weighted by atomic mass is 32.5. The van der Waals surface area contributed by atoms with Crippen LogP contribution in [0.2, 0.25) is 0 Å². The van der Waals surface area contributed by atoms with Gasteiger partial charge in [0.05, 0.1) is 25.6 Å². The Bertz CT molecular complexity index is 1420. The molecule has 0 bridgehead atoms. The second-order valence-electron chi connectivity index (χ2n) is 11.4. The molecule has 262 valence electrons. The van der Waals surface area contributed by atoms with Crippen LogP contribution in [0.4, 0.5) is 25.2 Å². The Labute approximate surface area is 266 Å². The molecule has 2 aromatic heterocycles. The van der Waals surface area contributed by atoms with Crippen molar-refractivity contribution in [1.82, 2.24) is 19.5 Å². The maximum atomic E-state index is 12.8. The summed E-state index contributed by atoms with van der Waals surface area (Å²) in [6, 6.07) is 3.23.